The minimum atomic E-state index is -0.674. The van der Waals surface area contributed by atoms with Gasteiger partial charge in [-0.2, -0.15) is 0 Å². The molecule has 116 valence electrons. The van der Waals surface area contributed by atoms with E-state index in [0.29, 0.717) is 24.8 Å². The summed E-state index contributed by atoms with van der Waals surface area (Å²) in [5, 5.41) is 3.70. The first kappa shape index (κ1) is 15.8. The van der Waals surface area contributed by atoms with Gasteiger partial charge in [-0.1, -0.05) is 25.0 Å². The zero-order valence-corrected chi connectivity index (χ0v) is 12.6. The van der Waals surface area contributed by atoms with E-state index in [0.717, 1.165) is 0 Å². The molecule has 0 radical (unpaired) electrons. The smallest absolute Gasteiger partial charge is 0.336 e. The van der Waals surface area contributed by atoms with Gasteiger partial charge in [-0.3, -0.25) is 0 Å². The molecular formula is C14H21N3O4. The summed E-state index contributed by atoms with van der Waals surface area (Å²) in [6, 6.07) is -0.413. The fourth-order valence-corrected chi connectivity index (χ4v) is 2.85. The van der Waals surface area contributed by atoms with Gasteiger partial charge in [0, 0.05) is 4.91 Å². The van der Waals surface area contributed by atoms with Gasteiger partial charge in [0.15, 0.2) is 5.79 Å². The second-order valence-corrected chi connectivity index (χ2v) is 5.16. The summed E-state index contributed by atoms with van der Waals surface area (Å²) in [5.41, 5.74) is 9.02. The summed E-state index contributed by atoms with van der Waals surface area (Å²) in [4.78, 5) is 14.9. The Bertz CT molecular complexity index is 481. The van der Waals surface area contributed by atoms with Gasteiger partial charge < -0.3 is 14.2 Å². The highest BCUT2D eigenvalue weighted by atomic mass is 16.8. The number of rotatable bonds is 5. The summed E-state index contributed by atoms with van der Waals surface area (Å²) in [5.74, 6) is -1.11. The standard InChI is InChI=1S/C14H21N3O4/c1-4-14(5-2)20-11-8-9(16-17-15)7-10(12(11)21-14)13(18)19-6-3/h7,9,11-12H,4-6,8H2,1-3H3/t9-,11-,12+/m0/s1. The summed E-state index contributed by atoms with van der Waals surface area (Å²) >= 11 is 0. The van der Waals surface area contributed by atoms with Crippen LogP contribution >= 0.6 is 0 Å². The van der Waals surface area contributed by atoms with Gasteiger partial charge >= 0.3 is 5.97 Å². The first-order valence-electron chi connectivity index (χ1n) is 7.37. The molecule has 0 unspecified atom stereocenters. The molecule has 0 aromatic carbocycles. The highest BCUT2D eigenvalue weighted by molar-refractivity contribution is 5.90. The lowest BCUT2D eigenvalue weighted by atomic mass is 9.91. The van der Waals surface area contributed by atoms with Crippen LogP contribution in [0.4, 0.5) is 0 Å². The molecule has 1 aliphatic carbocycles. The third-order valence-electron chi connectivity index (χ3n) is 3.99. The van der Waals surface area contributed by atoms with E-state index < -0.39 is 23.9 Å². The Labute approximate surface area is 123 Å². The van der Waals surface area contributed by atoms with Crippen molar-refractivity contribution in [3.05, 3.63) is 22.1 Å². The van der Waals surface area contributed by atoms with E-state index in [2.05, 4.69) is 10.0 Å². The fourth-order valence-electron chi connectivity index (χ4n) is 2.85. The Hall–Kier alpha value is -1.56. The molecule has 21 heavy (non-hydrogen) atoms. The molecule has 0 saturated carbocycles. The van der Waals surface area contributed by atoms with Crippen molar-refractivity contribution in [1.29, 1.82) is 0 Å². The molecule has 1 aliphatic heterocycles. The van der Waals surface area contributed by atoms with Gasteiger partial charge in [0.2, 0.25) is 0 Å². The van der Waals surface area contributed by atoms with Gasteiger partial charge in [-0.25, -0.2) is 4.79 Å². The molecule has 0 bridgehead atoms. The topological polar surface area (TPSA) is 93.5 Å². The van der Waals surface area contributed by atoms with Crippen LogP contribution in [0.5, 0.6) is 0 Å². The minimum absolute atomic E-state index is 0.285. The lowest BCUT2D eigenvalue weighted by Crippen LogP contribution is -2.36. The van der Waals surface area contributed by atoms with Crippen LogP contribution < -0.4 is 0 Å². The molecule has 1 heterocycles. The van der Waals surface area contributed by atoms with E-state index in [1.807, 2.05) is 13.8 Å². The molecule has 2 rings (SSSR count). The summed E-state index contributed by atoms with van der Waals surface area (Å²) < 4.78 is 17.1. The number of esters is 1. The molecular weight excluding hydrogens is 274 g/mol. The number of nitrogens with zero attached hydrogens (tertiary/aromatic N) is 3. The lowest BCUT2D eigenvalue weighted by Gasteiger charge is -2.25. The maximum atomic E-state index is 12.1. The second kappa shape index (κ2) is 6.47. The molecule has 0 aromatic heterocycles. The van der Waals surface area contributed by atoms with Crippen LogP contribution in [-0.2, 0) is 19.0 Å². The molecule has 0 aromatic rings. The second-order valence-electron chi connectivity index (χ2n) is 5.16. The van der Waals surface area contributed by atoms with Crippen LogP contribution in [0.25, 0.3) is 10.4 Å². The van der Waals surface area contributed by atoms with E-state index in [1.165, 1.54) is 0 Å². The highest BCUT2D eigenvalue weighted by Gasteiger charge is 2.50. The first-order chi connectivity index (χ1) is 10.1. The Morgan fingerprint density at radius 2 is 2.19 bits per heavy atom. The molecule has 0 N–H and O–H groups in total. The Morgan fingerprint density at radius 1 is 1.48 bits per heavy atom. The van der Waals surface area contributed by atoms with Crippen molar-refractivity contribution in [2.45, 2.75) is 64.1 Å². The van der Waals surface area contributed by atoms with Crippen molar-refractivity contribution in [1.82, 2.24) is 0 Å². The predicted molar refractivity (Wildman–Crippen MR) is 75.3 cm³/mol. The number of carbonyl (C=O) groups excluding carboxylic acids is 1. The van der Waals surface area contributed by atoms with E-state index in [9.17, 15) is 4.79 Å². The van der Waals surface area contributed by atoms with E-state index in [1.54, 1.807) is 13.0 Å². The maximum Gasteiger partial charge on any atom is 0.336 e. The van der Waals surface area contributed by atoms with Crippen molar-refractivity contribution in [3.8, 4) is 0 Å². The van der Waals surface area contributed by atoms with Gasteiger partial charge in [-0.15, -0.1) is 0 Å². The fraction of sp³-hybridized carbons (Fsp3) is 0.786. The van der Waals surface area contributed by atoms with Crippen molar-refractivity contribution in [2.24, 2.45) is 5.11 Å². The average molecular weight is 295 g/mol. The molecule has 3 atom stereocenters. The van der Waals surface area contributed by atoms with Crippen LogP contribution in [-0.4, -0.2) is 36.6 Å². The molecule has 0 spiro atoms. The van der Waals surface area contributed by atoms with Gasteiger partial charge in [0.1, 0.15) is 6.10 Å². The Kier molecular flexibility index (Phi) is 4.88. The van der Waals surface area contributed by atoms with Crippen LogP contribution in [0.2, 0.25) is 0 Å². The largest absolute Gasteiger partial charge is 0.463 e. The Morgan fingerprint density at radius 3 is 2.76 bits per heavy atom. The van der Waals surface area contributed by atoms with Crippen molar-refractivity contribution in [3.63, 3.8) is 0 Å². The molecule has 2 aliphatic rings. The SMILES string of the molecule is CCOC(=O)C1=C[C@H](N=[N+]=[N-])C[C@@H]2OC(CC)(CC)O[C@H]12. The number of hydrogen-bond acceptors (Lipinski definition) is 5. The van der Waals surface area contributed by atoms with E-state index >= 15 is 0 Å². The summed E-state index contributed by atoms with van der Waals surface area (Å²) in [7, 11) is 0. The van der Waals surface area contributed by atoms with Crippen molar-refractivity contribution >= 4 is 5.97 Å². The molecule has 1 saturated heterocycles. The molecule has 7 heteroatoms. The monoisotopic (exact) mass is 295 g/mol. The maximum absolute atomic E-state index is 12.1. The molecule has 0 amide bonds. The van der Waals surface area contributed by atoms with Crippen molar-refractivity contribution < 1.29 is 19.0 Å². The van der Waals surface area contributed by atoms with Crippen LogP contribution in [0, 0.1) is 0 Å². The van der Waals surface area contributed by atoms with E-state index in [4.69, 9.17) is 19.7 Å². The minimum Gasteiger partial charge on any atom is -0.463 e. The zero-order chi connectivity index (χ0) is 15.5. The first-order valence-corrected chi connectivity index (χ1v) is 7.37. The van der Waals surface area contributed by atoms with Crippen LogP contribution in [0.1, 0.15) is 40.0 Å². The third kappa shape index (κ3) is 3.05. The summed E-state index contributed by atoms with van der Waals surface area (Å²) in [6.07, 6.45) is 2.81. The number of fused-ring (bicyclic) bond motifs is 1. The van der Waals surface area contributed by atoms with Crippen LogP contribution in [0.15, 0.2) is 16.8 Å². The average Bonchev–Trinajstić information content (AvgIpc) is 2.86. The molecule has 1 fully saturated rings. The van der Waals surface area contributed by atoms with Gasteiger partial charge in [0.05, 0.1) is 24.3 Å². The normalized spacial score (nSPS) is 30.0. The van der Waals surface area contributed by atoms with Crippen LogP contribution in [0.3, 0.4) is 0 Å². The van der Waals surface area contributed by atoms with Crippen molar-refractivity contribution in [2.75, 3.05) is 6.61 Å². The van der Waals surface area contributed by atoms with Gasteiger partial charge in [-0.05, 0) is 31.7 Å². The van der Waals surface area contributed by atoms with E-state index in [-0.39, 0.29) is 12.7 Å². The number of hydrogen-bond donors (Lipinski definition) is 0. The Balaban J connectivity index is 2.30. The number of azide groups is 1. The van der Waals surface area contributed by atoms with Gasteiger partial charge in [0.25, 0.3) is 0 Å². The zero-order valence-electron chi connectivity index (χ0n) is 12.6. The highest BCUT2D eigenvalue weighted by Crippen LogP contribution is 2.41. The number of ether oxygens (including phenoxy) is 3. The number of carbonyl (C=O) groups is 1. The third-order valence-corrected chi connectivity index (χ3v) is 3.99. The molecule has 7 nitrogen and oxygen atoms in total. The predicted octanol–water partition coefficient (Wildman–Crippen LogP) is 2.86. The summed E-state index contributed by atoms with van der Waals surface area (Å²) in [6.45, 7) is 6.00. The quantitative estimate of drug-likeness (QED) is 0.337. The lowest BCUT2D eigenvalue weighted by molar-refractivity contribution is -0.177.